The normalized spacial score (nSPS) is 11.9. The fraction of sp³-hybridized carbons (Fsp3) is 0. The maximum Gasteiger partial charge on any atom is 0.137 e. The zero-order valence-corrected chi connectivity index (χ0v) is 13.3. The van der Waals surface area contributed by atoms with Crippen LogP contribution in [0, 0.1) is 0 Å². The molecule has 0 unspecified atom stereocenters. The third-order valence-electron chi connectivity index (χ3n) is 3.21. The maximum atomic E-state index is 4.60. The highest BCUT2D eigenvalue weighted by Gasteiger charge is 2.02. The number of rotatable bonds is 2. The summed E-state index contributed by atoms with van der Waals surface area (Å²) in [4.78, 5) is 8.99. The van der Waals surface area contributed by atoms with Gasteiger partial charge in [0.05, 0.1) is 22.1 Å². The number of benzene rings is 1. The zero-order chi connectivity index (χ0) is 14.2. The lowest BCUT2D eigenvalue weighted by atomic mass is 10.3. The van der Waals surface area contributed by atoms with Crippen molar-refractivity contribution < 1.29 is 0 Å². The number of pyridine rings is 1. The van der Waals surface area contributed by atoms with Crippen LogP contribution in [0.4, 0.5) is 0 Å². The van der Waals surface area contributed by atoms with Gasteiger partial charge in [0.1, 0.15) is 10.7 Å². The van der Waals surface area contributed by atoms with E-state index in [0.29, 0.717) is 0 Å². The van der Waals surface area contributed by atoms with Gasteiger partial charge in [-0.05, 0) is 52.3 Å². The first-order valence-electron chi connectivity index (χ1n) is 6.46. The maximum absolute atomic E-state index is 4.60. The minimum atomic E-state index is 0.933. The van der Waals surface area contributed by atoms with Crippen LogP contribution in [0.3, 0.4) is 0 Å². The Morgan fingerprint density at radius 2 is 2.00 bits per heavy atom. The van der Waals surface area contributed by atoms with Crippen LogP contribution < -0.4 is 0 Å². The fourth-order valence-corrected chi connectivity index (χ4v) is 3.42. The van der Waals surface area contributed by atoms with E-state index in [9.17, 15) is 0 Å². The molecule has 3 heterocycles. The van der Waals surface area contributed by atoms with Gasteiger partial charge in [0.25, 0.3) is 0 Å². The van der Waals surface area contributed by atoms with Gasteiger partial charge in [-0.15, -0.1) is 11.3 Å². The minimum absolute atomic E-state index is 0.933. The number of hydrogen-bond donors (Lipinski definition) is 0. The molecular weight excluding hydrogens is 346 g/mol. The first-order chi connectivity index (χ1) is 10.3. The number of imidazole rings is 1. The van der Waals surface area contributed by atoms with Crippen LogP contribution in [-0.4, -0.2) is 14.4 Å². The molecule has 0 aliphatic rings. The van der Waals surface area contributed by atoms with Gasteiger partial charge in [0.2, 0.25) is 0 Å². The molecule has 3 nitrogen and oxygen atoms in total. The molecule has 0 amide bonds. The third kappa shape index (κ3) is 2.39. The Labute approximate surface area is 133 Å². The molecular formula is C16H10BrN3S. The first kappa shape index (κ1) is 12.7. The van der Waals surface area contributed by atoms with E-state index in [4.69, 9.17) is 0 Å². The van der Waals surface area contributed by atoms with Crippen molar-refractivity contribution in [3.8, 4) is 0 Å². The van der Waals surface area contributed by atoms with E-state index in [2.05, 4.69) is 32.0 Å². The highest BCUT2D eigenvalue weighted by Crippen LogP contribution is 2.23. The van der Waals surface area contributed by atoms with E-state index in [1.165, 1.54) is 4.70 Å². The summed E-state index contributed by atoms with van der Waals surface area (Å²) in [6, 6.07) is 12.2. The summed E-state index contributed by atoms with van der Waals surface area (Å²) >= 11 is 5.18. The highest BCUT2D eigenvalue weighted by molar-refractivity contribution is 9.10. The van der Waals surface area contributed by atoms with Crippen molar-refractivity contribution in [1.82, 2.24) is 14.4 Å². The lowest BCUT2D eigenvalue weighted by Crippen LogP contribution is -1.86. The van der Waals surface area contributed by atoms with Gasteiger partial charge < -0.3 is 0 Å². The molecule has 0 saturated heterocycles. The van der Waals surface area contributed by atoms with Gasteiger partial charge in [0.15, 0.2) is 0 Å². The van der Waals surface area contributed by atoms with Crippen molar-refractivity contribution in [2.24, 2.45) is 0 Å². The van der Waals surface area contributed by atoms with Crippen molar-refractivity contribution in [2.45, 2.75) is 0 Å². The van der Waals surface area contributed by atoms with E-state index in [1.54, 1.807) is 11.3 Å². The van der Waals surface area contributed by atoms with Crippen molar-refractivity contribution in [1.29, 1.82) is 0 Å². The molecule has 1 aromatic carbocycles. The van der Waals surface area contributed by atoms with E-state index in [0.717, 1.165) is 26.3 Å². The van der Waals surface area contributed by atoms with Crippen LogP contribution in [0.5, 0.6) is 0 Å². The SMILES string of the molecule is Brc1ccc2ncc(/C=C/c3nc4ccccc4s3)n2c1. The number of aromatic nitrogens is 3. The Morgan fingerprint density at radius 1 is 1.10 bits per heavy atom. The Balaban J connectivity index is 1.74. The van der Waals surface area contributed by atoms with Gasteiger partial charge in [-0.25, -0.2) is 9.97 Å². The van der Waals surface area contributed by atoms with E-state index in [1.807, 2.05) is 59.3 Å². The van der Waals surface area contributed by atoms with Crippen LogP contribution in [0.15, 0.2) is 53.3 Å². The summed E-state index contributed by atoms with van der Waals surface area (Å²) < 4.78 is 4.29. The molecule has 5 heteroatoms. The number of thiazole rings is 1. The molecule has 0 atom stereocenters. The lowest BCUT2D eigenvalue weighted by Gasteiger charge is -1.97. The molecule has 0 aliphatic carbocycles. The topological polar surface area (TPSA) is 30.2 Å². The van der Waals surface area contributed by atoms with Crippen LogP contribution in [0.25, 0.3) is 28.0 Å². The average Bonchev–Trinajstić information content (AvgIpc) is 3.07. The molecule has 0 aliphatic heterocycles. The van der Waals surface area contributed by atoms with Crippen LogP contribution in [0.2, 0.25) is 0 Å². The zero-order valence-electron chi connectivity index (χ0n) is 10.9. The lowest BCUT2D eigenvalue weighted by molar-refractivity contribution is 1.16. The summed E-state index contributed by atoms with van der Waals surface area (Å²) in [5.41, 5.74) is 3.01. The molecule has 4 aromatic rings. The van der Waals surface area contributed by atoms with Crippen molar-refractivity contribution in [3.63, 3.8) is 0 Å². The molecule has 0 saturated carbocycles. The smallest absolute Gasteiger partial charge is 0.137 e. The summed E-state index contributed by atoms with van der Waals surface area (Å²) in [6.45, 7) is 0. The number of halogens is 1. The first-order valence-corrected chi connectivity index (χ1v) is 8.07. The molecule has 21 heavy (non-hydrogen) atoms. The van der Waals surface area contributed by atoms with Gasteiger partial charge in [-0.1, -0.05) is 12.1 Å². The predicted molar refractivity (Wildman–Crippen MR) is 91.4 cm³/mol. The van der Waals surface area contributed by atoms with Gasteiger partial charge in [0, 0.05) is 10.7 Å². The minimum Gasteiger partial charge on any atom is -0.299 e. The Bertz CT molecular complexity index is 935. The van der Waals surface area contributed by atoms with Gasteiger partial charge >= 0.3 is 0 Å². The summed E-state index contributed by atoms with van der Waals surface area (Å²) in [5, 5.41) is 1.00. The molecule has 0 N–H and O–H groups in total. The molecule has 102 valence electrons. The number of nitrogens with zero attached hydrogens (tertiary/aromatic N) is 3. The van der Waals surface area contributed by atoms with Crippen molar-refractivity contribution >= 4 is 55.3 Å². The highest BCUT2D eigenvalue weighted by atomic mass is 79.9. The summed E-state index contributed by atoms with van der Waals surface area (Å²) in [7, 11) is 0. The number of fused-ring (bicyclic) bond motifs is 2. The van der Waals surface area contributed by atoms with Crippen molar-refractivity contribution in [2.75, 3.05) is 0 Å². The molecule has 0 fully saturated rings. The number of hydrogen-bond acceptors (Lipinski definition) is 3. The quantitative estimate of drug-likeness (QED) is 0.513. The van der Waals surface area contributed by atoms with Gasteiger partial charge in [-0.3, -0.25) is 4.40 Å². The Hall–Kier alpha value is -1.98. The second-order valence-corrected chi connectivity index (χ2v) is 6.59. The van der Waals surface area contributed by atoms with Gasteiger partial charge in [-0.2, -0.15) is 0 Å². The predicted octanol–water partition coefficient (Wildman–Crippen LogP) is 4.88. The van der Waals surface area contributed by atoms with Crippen LogP contribution in [0.1, 0.15) is 10.7 Å². The van der Waals surface area contributed by atoms with E-state index in [-0.39, 0.29) is 0 Å². The Kier molecular flexibility index (Phi) is 3.09. The van der Waals surface area contributed by atoms with E-state index < -0.39 is 0 Å². The fourth-order valence-electron chi connectivity index (χ4n) is 2.21. The second kappa shape index (κ2) is 5.09. The molecule has 4 rings (SSSR count). The number of para-hydroxylation sites is 1. The largest absolute Gasteiger partial charge is 0.299 e. The van der Waals surface area contributed by atoms with Crippen LogP contribution >= 0.6 is 27.3 Å². The second-order valence-electron chi connectivity index (χ2n) is 4.61. The molecule has 3 aromatic heterocycles. The third-order valence-corrected chi connectivity index (χ3v) is 4.68. The van der Waals surface area contributed by atoms with Crippen molar-refractivity contribution in [3.05, 3.63) is 64.0 Å². The molecule has 0 spiro atoms. The summed E-state index contributed by atoms with van der Waals surface area (Å²) in [5.74, 6) is 0. The Morgan fingerprint density at radius 3 is 2.90 bits per heavy atom. The monoisotopic (exact) mass is 355 g/mol. The van der Waals surface area contributed by atoms with E-state index >= 15 is 0 Å². The standard InChI is InChI=1S/C16H10BrN3S/c17-11-5-7-15-18-9-12(20(15)10-11)6-8-16-19-13-3-1-2-4-14(13)21-16/h1-10H/b8-6+. The average molecular weight is 356 g/mol. The summed E-state index contributed by atoms with van der Waals surface area (Å²) in [6.07, 6.45) is 7.96. The molecule has 0 bridgehead atoms. The van der Waals surface area contributed by atoms with Crippen LogP contribution in [-0.2, 0) is 0 Å². The molecule has 0 radical (unpaired) electrons.